The average molecular weight is 1090 g/mol. The number of aliphatic hydroxyl groups is 1. The molecule has 0 amide bonds. The molecule has 1 saturated carbocycles. The van der Waals surface area contributed by atoms with Crippen molar-refractivity contribution in [3.63, 3.8) is 0 Å². The standard InChI is InChI=1S/C45H54N4O8.C16H14N2O3S/c1-8-27-19-28-22-44(40(51)55-6,36-30(25-48(23-27)24-28)29-13-10-11-14-33(29)46-36)32-20-31-34(21-35(32)54-5)47(4)38-43(31)16-18-49-17-12-15-42(9-2,37(43)49)39(57-26(3)50)45(38,53)41(52)56-7;1-11-15(12-7-9-14(10-8-12)22(17,19)20)16(18-21-11)13-5-3-2-4-6-13/h10-15,19-21,28,37-39,46,53H,8-9,16-18,22-25H2,1-7H3;2-10H,1H3,(H2,17,19,20)/t28-,37-,38+,39+,42+,43+,44-,45-;/m0./s1. The number of carbonyl (C=O) groups excluding carboxylic acids is 3. The van der Waals surface area contributed by atoms with Crippen LogP contribution in [0.1, 0.15) is 74.6 Å². The van der Waals surface area contributed by atoms with Crippen molar-refractivity contribution in [3.8, 4) is 28.1 Å². The van der Waals surface area contributed by atoms with Gasteiger partial charge in [0.05, 0.1) is 37.8 Å². The Hall–Kier alpha value is -7.09. The molecule has 79 heavy (non-hydrogen) atoms. The topological polar surface area (TPSA) is 220 Å². The second kappa shape index (κ2) is 19.9. The maximum atomic E-state index is 15.2. The summed E-state index contributed by atoms with van der Waals surface area (Å²) in [6, 6.07) is 27.2. The fraction of sp³-hybridized carbons (Fsp3) is 0.410. The van der Waals surface area contributed by atoms with Crippen molar-refractivity contribution in [2.75, 3.05) is 59.5 Å². The van der Waals surface area contributed by atoms with Crippen molar-refractivity contribution in [2.24, 2.45) is 16.5 Å². The molecule has 1 unspecified atom stereocenters. The van der Waals surface area contributed by atoms with Crippen LogP contribution in [0, 0.1) is 18.3 Å². The molecule has 2 aromatic heterocycles. The number of methoxy groups -OCH3 is 3. The summed E-state index contributed by atoms with van der Waals surface area (Å²) in [4.78, 5) is 53.2. The van der Waals surface area contributed by atoms with Gasteiger partial charge >= 0.3 is 17.9 Å². The number of H-pyrrole nitrogens is 1. The maximum absolute atomic E-state index is 15.2. The SMILES string of the molecule is CCC1=C[C@@H]2CN(C1)Cc1c([nH]c3ccccc13)[C@@](C(=O)OC)(c1cc3c(cc1OC)N(C)[C@H]1[C@@](O)(C(=O)OC)[C@H](OC(C)=O)[C@]4(CC)C=CCN5CC[C@]31[C@@H]54)C2.Cc1onc(-c2ccccc2)c1-c1ccc(S(N)(=O)=O)cc1. The van der Waals surface area contributed by atoms with Gasteiger partial charge in [0, 0.05) is 96.5 Å². The Kier molecular flexibility index (Phi) is 13.6. The van der Waals surface area contributed by atoms with E-state index in [0.29, 0.717) is 56.0 Å². The summed E-state index contributed by atoms with van der Waals surface area (Å²) >= 11 is 0. The van der Waals surface area contributed by atoms with E-state index in [1.165, 1.54) is 38.8 Å². The molecule has 0 radical (unpaired) electrons. The Balaban J connectivity index is 0.000000250. The lowest BCUT2D eigenvalue weighted by Gasteiger charge is -2.63. The highest BCUT2D eigenvalue weighted by Gasteiger charge is 2.80. The quantitative estimate of drug-likeness (QED) is 0.0679. The molecule has 1 saturated heterocycles. The van der Waals surface area contributed by atoms with E-state index in [-0.39, 0.29) is 22.8 Å². The van der Waals surface area contributed by atoms with Crippen LogP contribution in [0.5, 0.6) is 5.75 Å². The lowest BCUT2D eigenvalue weighted by Crippen LogP contribution is -2.81. The molecule has 9 atom stereocenters. The largest absolute Gasteiger partial charge is 0.496 e. The molecule has 1 aliphatic carbocycles. The third-order valence-electron chi connectivity index (χ3n) is 18.1. The molecule has 6 aromatic rings. The van der Waals surface area contributed by atoms with Gasteiger partial charge in [0.1, 0.15) is 22.6 Å². The zero-order valence-electron chi connectivity index (χ0n) is 45.9. The third kappa shape index (κ3) is 8.10. The summed E-state index contributed by atoms with van der Waals surface area (Å²) in [7, 11) is 2.52. The number of carbonyl (C=O) groups is 3. The molecule has 6 aliphatic rings. The predicted molar refractivity (Wildman–Crippen MR) is 298 cm³/mol. The van der Waals surface area contributed by atoms with E-state index >= 15 is 4.79 Å². The number of primary sulfonamides is 1. The van der Waals surface area contributed by atoms with Crippen LogP contribution in [0.25, 0.3) is 33.3 Å². The van der Waals surface area contributed by atoms with Gasteiger partial charge in [-0.25, -0.2) is 18.4 Å². The van der Waals surface area contributed by atoms with Crippen molar-refractivity contribution in [1.82, 2.24) is 19.9 Å². The van der Waals surface area contributed by atoms with Crippen molar-refractivity contribution in [3.05, 3.63) is 143 Å². The van der Waals surface area contributed by atoms with E-state index in [9.17, 15) is 23.1 Å². The normalized spacial score (nSPS) is 28.4. The highest BCUT2D eigenvalue weighted by atomic mass is 32.2. The number of benzene rings is 4. The van der Waals surface area contributed by atoms with Crippen LogP contribution in [0.4, 0.5) is 5.69 Å². The number of fused-ring (bicyclic) bond motifs is 6. The fourth-order valence-corrected chi connectivity index (χ4v) is 15.7. The number of aromatic nitrogens is 2. The van der Waals surface area contributed by atoms with E-state index in [2.05, 4.69) is 63.3 Å². The smallest absolute Gasteiger partial charge is 0.344 e. The first kappa shape index (κ1) is 53.9. The number of sulfonamides is 1. The van der Waals surface area contributed by atoms with Gasteiger partial charge in [-0.05, 0) is 86.0 Å². The van der Waals surface area contributed by atoms with Crippen molar-refractivity contribution in [2.45, 2.75) is 99.4 Å². The number of anilines is 1. The van der Waals surface area contributed by atoms with E-state index in [1.54, 1.807) is 19.2 Å². The molecular formula is C61H68N6O11S. The number of para-hydroxylation sites is 1. The number of hydrogen-bond donors (Lipinski definition) is 3. The van der Waals surface area contributed by atoms with Gasteiger partial charge in [0.25, 0.3) is 0 Å². The lowest BCUT2D eigenvalue weighted by atomic mass is 9.47. The average Bonchev–Trinajstić information content (AvgIpc) is 2.04. The Morgan fingerprint density at radius 3 is 2.30 bits per heavy atom. The summed E-state index contributed by atoms with van der Waals surface area (Å²) in [5.74, 6) is -0.642. The second-order valence-electron chi connectivity index (χ2n) is 22.1. The van der Waals surface area contributed by atoms with Gasteiger partial charge in [0.2, 0.25) is 15.6 Å². The van der Waals surface area contributed by atoms with Gasteiger partial charge in [0.15, 0.2) is 6.10 Å². The minimum absolute atomic E-state index is 0.0284. The number of esters is 3. The summed E-state index contributed by atoms with van der Waals surface area (Å²) in [6.45, 7) is 11.0. The van der Waals surface area contributed by atoms with Crippen LogP contribution < -0.4 is 14.8 Å². The van der Waals surface area contributed by atoms with Crippen molar-refractivity contribution >= 4 is 44.5 Å². The Bertz CT molecular complexity index is 3580. The summed E-state index contributed by atoms with van der Waals surface area (Å²) in [5.41, 5.74) is 4.37. The van der Waals surface area contributed by atoms with Crippen LogP contribution in [0.3, 0.4) is 0 Å². The first-order valence-electron chi connectivity index (χ1n) is 27.0. The number of likely N-dealkylation sites (N-methyl/N-ethyl adjacent to an activating group) is 1. The number of nitrogens with two attached hydrogens (primary N) is 1. The van der Waals surface area contributed by atoms with E-state index in [0.717, 1.165) is 75.3 Å². The molecule has 414 valence electrons. The first-order chi connectivity index (χ1) is 37.9. The number of nitrogens with one attached hydrogen (secondary N) is 1. The summed E-state index contributed by atoms with van der Waals surface area (Å²) in [5, 5.41) is 23.6. The van der Waals surface area contributed by atoms with Crippen LogP contribution in [-0.2, 0) is 56.0 Å². The highest BCUT2D eigenvalue weighted by Crippen LogP contribution is 2.68. The predicted octanol–water partition coefficient (Wildman–Crippen LogP) is 7.72. The van der Waals surface area contributed by atoms with Crippen molar-refractivity contribution < 1.29 is 51.4 Å². The Morgan fingerprint density at radius 2 is 1.63 bits per heavy atom. The molecule has 7 heterocycles. The number of rotatable bonds is 10. The molecule has 17 nitrogen and oxygen atoms in total. The van der Waals surface area contributed by atoms with Gasteiger partial charge in [-0.2, -0.15) is 0 Å². The highest BCUT2D eigenvalue weighted by molar-refractivity contribution is 7.89. The zero-order valence-corrected chi connectivity index (χ0v) is 46.7. The minimum Gasteiger partial charge on any atom is -0.496 e. The first-order valence-corrected chi connectivity index (χ1v) is 28.5. The van der Waals surface area contributed by atoms with Crippen LogP contribution >= 0.6 is 0 Å². The van der Waals surface area contributed by atoms with E-state index < -0.39 is 56.0 Å². The van der Waals surface area contributed by atoms with Crippen LogP contribution in [-0.4, -0.2) is 130 Å². The molecule has 18 heteroatoms. The van der Waals surface area contributed by atoms with Crippen LogP contribution in [0.15, 0.2) is 124 Å². The van der Waals surface area contributed by atoms with Gasteiger partial charge in [-0.1, -0.05) is 103 Å². The van der Waals surface area contributed by atoms with Gasteiger partial charge in [-0.15, -0.1) is 0 Å². The summed E-state index contributed by atoms with van der Waals surface area (Å²) in [6.07, 6.45) is 7.67. The maximum Gasteiger partial charge on any atom is 0.344 e. The molecule has 1 spiro atoms. The second-order valence-corrected chi connectivity index (χ2v) is 23.6. The monoisotopic (exact) mass is 1090 g/mol. The van der Waals surface area contributed by atoms with Gasteiger partial charge < -0.3 is 38.5 Å². The van der Waals surface area contributed by atoms with Gasteiger partial charge in [-0.3, -0.25) is 19.4 Å². The third-order valence-corrected chi connectivity index (χ3v) is 19.1. The lowest BCUT2D eigenvalue weighted by molar-refractivity contribution is -0.228. The number of aromatic amines is 1. The molecule has 4 N–H and O–H groups in total. The number of aryl methyl sites for hydroxylation is 1. The minimum atomic E-state index is -3.70. The van der Waals surface area contributed by atoms with Crippen LogP contribution in [0.2, 0.25) is 0 Å². The van der Waals surface area contributed by atoms with E-state index in [4.69, 9.17) is 28.6 Å². The van der Waals surface area contributed by atoms with E-state index in [1.807, 2.05) is 74.3 Å². The molecule has 2 fully saturated rings. The number of nitrogens with zero attached hydrogens (tertiary/aromatic N) is 4. The number of ether oxygens (including phenoxy) is 4. The Morgan fingerprint density at radius 1 is 0.911 bits per heavy atom. The zero-order chi connectivity index (χ0) is 56.0. The summed E-state index contributed by atoms with van der Waals surface area (Å²) < 4.78 is 51.9. The fourth-order valence-electron chi connectivity index (χ4n) is 15.2. The molecule has 2 bridgehead atoms. The number of hydrogen-bond acceptors (Lipinski definition) is 15. The molecule has 12 rings (SSSR count). The molecule has 4 aromatic carbocycles. The Labute approximate surface area is 460 Å². The molecular weight excluding hydrogens is 1020 g/mol. The molecule has 5 aliphatic heterocycles. The van der Waals surface area contributed by atoms with Crippen molar-refractivity contribution in [1.29, 1.82) is 0 Å².